The highest BCUT2D eigenvalue weighted by molar-refractivity contribution is 5.46. The minimum Gasteiger partial charge on any atom is -0.390 e. The van der Waals surface area contributed by atoms with Gasteiger partial charge in [-0.1, -0.05) is 53.7 Å². The van der Waals surface area contributed by atoms with Crippen molar-refractivity contribution in [3.05, 3.63) is 41.1 Å². The lowest BCUT2D eigenvalue weighted by molar-refractivity contribution is 0.0688. The van der Waals surface area contributed by atoms with Gasteiger partial charge in [0.1, 0.15) is 17.5 Å². The molecular formula is C24H39N5O. The Kier molecular flexibility index (Phi) is 7.70. The van der Waals surface area contributed by atoms with Crippen molar-refractivity contribution in [3.63, 3.8) is 0 Å². The number of nitrogen functional groups attached to an aromatic ring is 3. The molecule has 2 aromatic heterocycles. The lowest BCUT2D eigenvalue weighted by Crippen LogP contribution is -2.38. The van der Waals surface area contributed by atoms with Crippen LogP contribution in [-0.2, 0) is 19.4 Å². The summed E-state index contributed by atoms with van der Waals surface area (Å²) in [4.78, 5) is 8.58. The maximum atomic E-state index is 9.33. The molecule has 0 spiro atoms. The fraction of sp³-hybridized carbons (Fsp3) is 0.583. The number of nitrogens with zero attached hydrogens (tertiary/aromatic N) is 2. The van der Waals surface area contributed by atoms with E-state index in [9.17, 15) is 5.11 Å². The molecule has 6 heteroatoms. The van der Waals surface area contributed by atoms with Crippen molar-refractivity contribution < 1.29 is 5.11 Å². The Morgan fingerprint density at radius 2 is 1.43 bits per heavy atom. The smallest absolute Gasteiger partial charge is 0.129 e. The molecule has 0 aliphatic rings. The summed E-state index contributed by atoms with van der Waals surface area (Å²) in [7, 11) is 0. The van der Waals surface area contributed by atoms with Crippen LogP contribution in [-0.4, -0.2) is 15.1 Å². The van der Waals surface area contributed by atoms with E-state index in [1.807, 2.05) is 24.3 Å². The third kappa shape index (κ3) is 5.85. The fourth-order valence-corrected chi connectivity index (χ4v) is 4.92. The molecule has 3 unspecified atom stereocenters. The van der Waals surface area contributed by atoms with Crippen LogP contribution in [0.25, 0.3) is 0 Å². The van der Waals surface area contributed by atoms with Gasteiger partial charge in [-0.05, 0) is 65.2 Å². The molecule has 2 rings (SSSR count). The van der Waals surface area contributed by atoms with Crippen molar-refractivity contribution in [2.24, 2.45) is 29.1 Å². The molecule has 0 saturated heterocycles. The normalized spacial score (nSPS) is 15.2. The van der Waals surface area contributed by atoms with E-state index in [0.717, 1.165) is 24.0 Å². The van der Waals surface area contributed by atoms with Gasteiger partial charge >= 0.3 is 0 Å². The van der Waals surface area contributed by atoms with E-state index in [4.69, 9.17) is 17.2 Å². The molecule has 0 aliphatic heterocycles. The molecule has 7 N–H and O–H groups in total. The number of hydrogen-bond acceptors (Lipinski definition) is 6. The quantitative estimate of drug-likeness (QED) is 0.517. The van der Waals surface area contributed by atoms with E-state index in [2.05, 4.69) is 51.5 Å². The van der Waals surface area contributed by atoms with E-state index in [0.29, 0.717) is 46.8 Å². The number of rotatable bonds is 8. The predicted molar refractivity (Wildman–Crippen MR) is 125 cm³/mol. The lowest BCUT2D eigenvalue weighted by Gasteiger charge is -2.43. The van der Waals surface area contributed by atoms with Crippen LogP contribution in [0.1, 0.15) is 58.4 Å². The number of nitrogens with two attached hydrogens (primary N) is 3. The molecule has 30 heavy (non-hydrogen) atoms. The number of aliphatic hydroxyl groups is 1. The molecule has 0 amide bonds. The van der Waals surface area contributed by atoms with Crippen LogP contribution < -0.4 is 17.2 Å². The van der Waals surface area contributed by atoms with Crippen LogP contribution >= 0.6 is 0 Å². The second-order valence-corrected chi connectivity index (χ2v) is 9.97. The van der Waals surface area contributed by atoms with Crippen molar-refractivity contribution in [1.29, 1.82) is 0 Å². The first kappa shape index (κ1) is 23.9. The summed E-state index contributed by atoms with van der Waals surface area (Å²) < 4.78 is 0. The highest BCUT2D eigenvalue weighted by atomic mass is 16.3. The number of pyridine rings is 2. The van der Waals surface area contributed by atoms with Gasteiger partial charge in [0.05, 0.1) is 12.3 Å². The zero-order chi connectivity index (χ0) is 22.6. The maximum Gasteiger partial charge on any atom is 0.129 e. The molecular weight excluding hydrogens is 374 g/mol. The van der Waals surface area contributed by atoms with Gasteiger partial charge in [-0.15, -0.1) is 0 Å². The number of aliphatic hydroxyl groups excluding tert-OH is 1. The zero-order valence-corrected chi connectivity index (χ0v) is 19.3. The zero-order valence-electron chi connectivity index (χ0n) is 19.3. The predicted octanol–water partition coefficient (Wildman–Crippen LogP) is 4.07. The number of hydrogen-bond donors (Lipinski definition) is 4. The molecule has 0 saturated carbocycles. The van der Waals surface area contributed by atoms with Gasteiger partial charge in [0.25, 0.3) is 0 Å². The van der Waals surface area contributed by atoms with Gasteiger partial charge in [-0.3, -0.25) is 0 Å². The average Bonchev–Trinajstić information content (AvgIpc) is 2.63. The molecule has 0 aromatic carbocycles. The van der Waals surface area contributed by atoms with Crippen LogP contribution in [0.5, 0.6) is 0 Å². The standard InChI is InChI=1S/C24H39N5O/c1-14(2)19(12-17-7-9-18(13-30)28-22(17)26)21(24(4,5)6)15(3)11-16-8-10-20(25)29-23(16)27/h7-10,14-15,19,21,30H,11-13H2,1-6H3,(H2,26,28)(H4,25,27,29). The van der Waals surface area contributed by atoms with Crippen molar-refractivity contribution >= 4 is 17.5 Å². The van der Waals surface area contributed by atoms with Crippen LogP contribution in [0.2, 0.25) is 0 Å². The summed E-state index contributed by atoms with van der Waals surface area (Å²) in [6.07, 6.45) is 1.70. The summed E-state index contributed by atoms with van der Waals surface area (Å²) in [5, 5.41) is 9.33. The molecule has 0 bridgehead atoms. The fourth-order valence-electron chi connectivity index (χ4n) is 4.92. The van der Waals surface area contributed by atoms with E-state index < -0.39 is 0 Å². The Morgan fingerprint density at radius 1 is 0.867 bits per heavy atom. The van der Waals surface area contributed by atoms with Crippen molar-refractivity contribution in [3.8, 4) is 0 Å². The minimum atomic E-state index is -0.100. The van der Waals surface area contributed by atoms with Gasteiger partial charge in [0.2, 0.25) is 0 Å². The first-order valence-electron chi connectivity index (χ1n) is 10.8. The van der Waals surface area contributed by atoms with Gasteiger partial charge in [0, 0.05) is 0 Å². The average molecular weight is 414 g/mol. The second kappa shape index (κ2) is 9.65. The number of anilines is 3. The van der Waals surface area contributed by atoms with Crippen LogP contribution in [0.15, 0.2) is 24.3 Å². The highest BCUT2D eigenvalue weighted by Crippen LogP contribution is 2.44. The Balaban J connectivity index is 2.35. The van der Waals surface area contributed by atoms with E-state index in [1.165, 1.54) is 0 Å². The van der Waals surface area contributed by atoms with Gasteiger partial charge in [-0.2, -0.15) is 0 Å². The Bertz CT molecular complexity index is 844. The van der Waals surface area contributed by atoms with Crippen molar-refractivity contribution in [2.75, 3.05) is 17.2 Å². The van der Waals surface area contributed by atoms with Crippen molar-refractivity contribution in [2.45, 2.75) is 61.0 Å². The molecule has 0 radical (unpaired) electrons. The highest BCUT2D eigenvalue weighted by Gasteiger charge is 2.38. The molecule has 2 heterocycles. The first-order valence-corrected chi connectivity index (χ1v) is 10.8. The second-order valence-electron chi connectivity index (χ2n) is 9.97. The minimum absolute atomic E-state index is 0.0948. The van der Waals surface area contributed by atoms with E-state index in [-0.39, 0.29) is 12.0 Å². The Hall–Kier alpha value is -2.34. The Labute approximate surface area is 181 Å². The Morgan fingerprint density at radius 3 is 1.93 bits per heavy atom. The topological polar surface area (TPSA) is 124 Å². The summed E-state index contributed by atoms with van der Waals surface area (Å²) in [6.45, 7) is 13.7. The van der Waals surface area contributed by atoms with E-state index >= 15 is 0 Å². The third-order valence-electron chi connectivity index (χ3n) is 6.19. The molecule has 0 aliphatic carbocycles. The maximum absolute atomic E-state index is 9.33. The van der Waals surface area contributed by atoms with Gasteiger partial charge in [-0.25, -0.2) is 9.97 Å². The first-order chi connectivity index (χ1) is 13.9. The molecule has 166 valence electrons. The number of aromatic nitrogens is 2. The van der Waals surface area contributed by atoms with Crippen LogP contribution in [0, 0.1) is 29.1 Å². The van der Waals surface area contributed by atoms with Crippen LogP contribution in [0.4, 0.5) is 17.5 Å². The monoisotopic (exact) mass is 413 g/mol. The lowest BCUT2D eigenvalue weighted by atomic mass is 9.61. The van der Waals surface area contributed by atoms with E-state index in [1.54, 1.807) is 0 Å². The van der Waals surface area contributed by atoms with Gasteiger partial charge in [0.15, 0.2) is 0 Å². The van der Waals surface area contributed by atoms with Crippen molar-refractivity contribution in [1.82, 2.24) is 9.97 Å². The summed E-state index contributed by atoms with van der Waals surface area (Å²) >= 11 is 0. The molecule has 2 aromatic rings. The largest absolute Gasteiger partial charge is 0.390 e. The molecule has 0 fully saturated rings. The summed E-state index contributed by atoms with van der Waals surface area (Å²) in [6, 6.07) is 7.68. The molecule has 3 atom stereocenters. The summed E-state index contributed by atoms with van der Waals surface area (Å²) in [5.74, 6) is 3.17. The summed E-state index contributed by atoms with van der Waals surface area (Å²) in [5.41, 5.74) is 20.9. The molecule has 6 nitrogen and oxygen atoms in total. The van der Waals surface area contributed by atoms with Crippen LogP contribution in [0.3, 0.4) is 0 Å². The van der Waals surface area contributed by atoms with Gasteiger partial charge < -0.3 is 22.3 Å². The third-order valence-corrected chi connectivity index (χ3v) is 6.19. The SMILES string of the molecule is CC(C)C(Cc1ccc(CO)nc1N)C(C(C)Cc1ccc(N)nc1N)C(C)(C)C.